The third-order valence-electron chi connectivity index (χ3n) is 1.20. The molecule has 1 heterocycles. The zero-order valence-electron chi connectivity index (χ0n) is 6.76. The average Bonchev–Trinajstić information content (AvgIpc) is 2.10. The number of nitrogens with zero attached hydrogens (tertiary/aromatic N) is 1. The van der Waals surface area contributed by atoms with Gasteiger partial charge in [-0.1, -0.05) is 0 Å². The number of aryl methyl sites for hydroxylation is 2. The first-order valence-corrected chi connectivity index (χ1v) is 2.86. The molecule has 0 bridgehead atoms. The number of nitrogens with one attached hydrogen (secondary N) is 1. The molecule has 0 unspecified atom stereocenters. The molecule has 5 heteroatoms. The fourth-order valence-corrected chi connectivity index (χ4v) is 0.809. The second-order valence-electron chi connectivity index (χ2n) is 2.08. The van der Waals surface area contributed by atoms with Crippen LogP contribution in [0.4, 0.5) is 0 Å². The molecule has 11 heavy (non-hydrogen) atoms. The number of carbonyl (C=O) groups is 1. The molecule has 0 spiro atoms. The number of hydrogen-bond acceptors (Lipinski definition) is 3. The summed E-state index contributed by atoms with van der Waals surface area (Å²) in [6.45, 7) is 3.34. The topological polar surface area (TPSA) is 68.8 Å². The van der Waals surface area contributed by atoms with Crippen molar-refractivity contribution in [1.82, 2.24) is 9.97 Å². The molecular formula is C6H7LiN2O2. The summed E-state index contributed by atoms with van der Waals surface area (Å²) in [6.07, 6.45) is 0. The molecule has 1 aromatic rings. The van der Waals surface area contributed by atoms with Gasteiger partial charge in [0.15, 0.2) is 0 Å². The van der Waals surface area contributed by atoms with Crippen molar-refractivity contribution in [3.05, 3.63) is 17.2 Å². The van der Waals surface area contributed by atoms with Crippen LogP contribution < -0.4 is 24.0 Å². The Morgan fingerprint density at radius 3 is 2.27 bits per heavy atom. The van der Waals surface area contributed by atoms with Crippen LogP contribution in [-0.4, -0.2) is 15.9 Å². The number of aromatic amines is 1. The Morgan fingerprint density at radius 2 is 2.09 bits per heavy atom. The van der Waals surface area contributed by atoms with Gasteiger partial charge in [-0.05, 0) is 13.8 Å². The van der Waals surface area contributed by atoms with Gasteiger partial charge < -0.3 is 14.9 Å². The molecule has 0 saturated heterocycles. The summed E-state index contributed by atoms with van der Waals surface area (Å²) in [4.78, 5) is 16.7. The van der Waals surface area contributed by atoms with E-state index in [2.05, 4.69) is 9.97 Å². The van der Waals surface area contributed by atoms with Crippen molar-refractivity contribution in [2.24, 2.45) is 0 Å². The van der Waals surface area contributed by atoms with Crippen molar-refractivity contribution in [3.8, 4) is 0 Å². The number of H-pyrrole nitrogens is 1. The van der Waals surface area contributed by atoms with E-state index < -0.39 is 5.97 Å². The zero-order valence-corrected chi connectivity index (χ0v) is 6.76. The number of aromatic nitrogens is 2. The predicted octanol–water partition coefficient (Wildman–Crippen LogP) is -3.61. The molecular weight excluding hydrogens is 139 g/mol. The van der Waals surface area contributed by atoms with Crippen molar-refractivity contribution >= 4 is 5.97 Å². The molecule has 0 amide bonds. The second kappa shape index (κ2) is 3.61. The number of imidazole rings is 1. The molecule has 54 valence electrons. The largest absolute Gasteiger partial charge is 1.00 e. The van der Waals surface area contributed by atoms with Gasteiger partial charge in [0.05, 0.1) is 5.97 Å². The van der Waals surface area contributed by atoms with Gasteiger partial charge in [-0.3, -0.25) is 0 Å². The normalized spacial score (nSPS) is 8.91. The second-order valence-corrected chi connectivity index (χ2v) is 2.08. The van der Waals surface area contributed by atoms with Gasteiger partial charge in [-0.15, -0.1) is 0 Å². The minimum absolute atomic E-state index is 0. The molecule has 0 saturated carbocycles. The minimum atomic E-state index is -1.23. The van der Waals surface area contributed by atoms with Crippen LogP contribution in [0.3, 0.4) is 0 Å². The van der Waals surface area contributed by atoms with Crippen molar-refractivity contribution in [1.29, 1.82) is 0 Å². The summed E-state index contributed by atoms with van der Waals surface area (Å²) >= 11 is 0. The number of rotatable bonds is 1. The Kier molecular flexibility index (Phi) is 3.37. The van der Waals surface area contributed by atoms with Gasteiger partial charge in [0.1, 0.15) is 11.5 Å². The van der Waals surface area contributed by atoms with Crippen LogP contribution in [0.5, 0.6) is 0 Å². The molecule has 0 aliphatic heterocycles. The first-order chi connectivity index (χ1) is 4.61. The quantitative estimate of drug-likeness (QED) is 0.416. The summed E-state index contributed by atoms with van der Waals surface area (Å²) in [5.74, 6) is -0.640. The average molecular weight is 146 g/mol. The van der Waals surface area contributed by atoms with E-state index in [1.165, 1.54) is 0 Å². The Morgan fingerprint density at radius 1 is 1.55 bits per heavy atom. The van der Waals surface area contributed by atoms with E-state index in [0.29, 0.717) is 11.5 Å². The van der Waals surface area contributed by atoms with E-state index in [1.54, 1.807) is 13.8 Å². The summed E-state index contributed by atoms with van der Waals surface area (Å²) < 4.78 is 0. The van der Waals surface area contributed by atoms with Crippen LogP contribution in [0.25, 0.3) is 0 Å². The van der Waals surface area contributed by atoms with Gasteiger partial charge in [0, 0.05) is 5.69 Å². The van der Waals surface area contributed by atoms with Crippen molar-refractivity contribution in [2.45, 2.75) is 13.8 Å². The van der Waals surface area contributed by atoms with Gasteiger partial charge in [0.2, 0.25) is 0 Å². The van der Waals surface area contributed by atoms with Crippen molar-refractivity contribution in [3.63, 3.8) is 0 Å². The number of aromatic carboxylic acids is 1. The van der Waals surface area contributed by atoms with Gasteiger partial charge >= 0.3 is 18.9 Å². The molecule has 0 aliphatic rings. The molecule has 1 rings (SSSR count). The van der Waals surface area contributed by atoms with E-state index in [-0.39, 0.29) is 24.6 Å². The molecule has 4 nitrogen and oxygen atoms in total. The molecule has 1 aromatic heterocycles. The van der Waals surface area contributed by atoms with Crippen LogP contribution in [0.15, 0.2) is 0 Å². The van der Waals surface area contributed by atoms with Gasteiger partial charge in [-0.2, -0.15) is 0 Å². The Bertz CT molecular complexity index is 270. The summed E-state index contributed by atoms with van der Waals surface area (Å²) in [5.41, 5.74) is 0.537. The third-order valence-corrected chi connectivity index (χ3v) is 1.20. The van der Waals surface area contributed by atoms with Crippen LogP contribution >= 0.6 is 0 Å². The predicted molar refractivity (Wildman–Crippen MR) is 32.4 cm³/mol. The Balaban J connectivity index is 0.000001000. The number of carboxylic acids is 1. The minimum Gasteiger partial charge on any atom is -0.543 e. The standard InChI is InChI=1S/C6H8N2O2.Li/c1-3-5(6(9)10)8-4(2)7-3;/h1-2H3,(H,7,8)(H,9,10);/q;+1/p-1. The van der Waals surface area contributed by atoms with Crippen molar-refractivity contribution in [2.75, 3.05) is 0 Å². The van der Waals surface area contributed by atoms with Gasteiger partial charge in [-0.25, -0.2) is 4.98 Å². The number of carboxylic acid groups (broad SMARTS) is 1. The molecule has 0 aromatic carbocycles. The van der Waals surface area contributed by atoms with Crippen LogP contribution in [-0.2, 0) is 0 Å². The van der Waals surface area contributed by atoms with Crippen LogP contribution in [0, 0.1) is 13.8 Å². The smallest absolute Gasteiger partial charge is 0.543 e. The fraction of sp³-hybridized carbons (Fsp3) is 0.333. The monoisotopic (exact) mass is 146 g/mol. The van der Waals surface area contributed by atoms with Crippen molar-refractivity contribution < 1.29 is 28.8 Å². The maximum absolute atomic E-state index is 10.2. The van der Waals surface area contributed by atoms with E-state index >= 15 is 0 Å². The maximum atomic E-state index is 10.2. The Labute approximate surface area is 76.2 Å². The van der Waals surface area contributed by atoms with E-state index in [4.69, 9.17) is 0 Å². The molecule has 0 atom stereocenters. The van der Waals surface area contributed by atoms with Crippen LogP contribution in [0.1, 0.15) is 22.0 Å². The maximum Gasteiger partial charge on any atom is 1.00 e. The molecule has 1 N–H and O–H groups in total. The number of hydrogen-bond donors (Lipinski definition) is 1. The summed E-state index contributed by atoms with van der Waals surface area (Å²) in [6, 6.07) is 0. The first kappa shape index (κ1) is 10.3. The molecule has 0 radical (unpaired) electrons. The third kappa shape index (κ3) is 2.11. The first-order valence-electron chi connectivity index (χ1n) is 2.86. The summed E-state index contributed by atoms with van der Waals surface area (Å²) in [5, 5.41) is 10.2. The van der Waals surface area contributed by atoms with E-state index in [0.717, 1.165) is 0 Å². The SMILES string of the molecule is Cc1nc(C(=O)[O-])c(C)[nH]1.[Li+]. The zero-order chi connectivity index (χ0) is 7.72. The number of carbonyl (C=O) groups excluding carboxylic acids is 1. The van der Waals surface area contributed by atoms with E-state index in [9.17, 15) is 9.90 Å². The molecule has 0 fully saturated rings. The molecule has 0 aliphatic carbocycles. The fourth-order valence-electron chi connectivity index (χ4n) is 0.809. The van der Waals surface area contributed by atoms with Crippen LogP contribution in [0.2, 0.25) is 0 Å². The van der Waals surface area contributed by atoms with E-state index in [1.807, 2.05) is 0 Å². The Hall–Kier alpha value is -0.723. The summed E-state index contributed by atoms with van der Waals surface area (Å²) in [7, 11) is 0. The van der Waals surface area contributed by atoms with Gasteiger partial charge in [0.25, 0.3) is 0 Å².